The van der Waals surface area contributed by atoms with Crippen LogP contribution in [-0.4, -0.2) is 11.3 Å². The molecule has 1 aromatic rings. The van der Waals surface area contributed by atoms with Crippen LogP contribution in [0.5, 0.6) is 0 Å². The molecule has 0 saturated heterocycles. The van der Waals surface area contributed by atoms with Crippen LogP contribution >= 0.6 is 15.9 Å². The third-order valence-corrected chi connectivity index (χ3v) is 4.13. The average molecular weight is 282 g/mol. The van der Waals surface area contributed by atoms with Crippen molar-refractivity contribution in [1.29, 1.82) is 0 Å². The van der Waals surface area contributed by atoms with E-state index >= 15 is 0 Å². The van der Waals surface area contributed by atoms with Gasteiger partial charge >= 0.3 is 0 Å². The van der Waals surface area contributed by atoms with E-state index in [1.165, 1.54) is 0 Å². The van der Waals surface area contributed by atoms with Crippen molar-refractivity contribution in [2.24, 2.45) is 5.73 Å². The molecule has 1 aliphatic carbocycles. The fourth-order valence-corrected chi connectivity index (χ4v) is 2.70. The zero-order valence-corrected chi connectivity index (χ0v) is 10.8. The number of ketones is 1. The largest absolute Gasteiger partial charge is 0.319 e. The van der Waals surface area contributed by atoms with E-state index in [0.717, 1.165) is 35.7 Å². The first-order valence-corrected chi connectivity index (χ1v) is 6.47. The standard InChI is InChI=1S/C13H16BrNO/c14-11-6-2-1-5-10(11)9-12(16)13(15)7-3-4-8-13/h1-2,5-6H,3-4,7-9,15H2. The predicted molar refractivity (Wildman–Crippen MR) is 68.2 cm³/mol. The smallest absolute Gasteiger partial charge is 0.157 e. The molecule has 0 aromatic heterocycles. The minimum Gasteiger partial charge on any atom is -0.319 e. The van der Waals surface area contributed by atoms with Crippen molar-refractivity contribution >= 4 is 21.7 Å². The lowest BCUT2D eigenvalue weighted by Gasteiger charge is -2.21. The molecular weight excluding hydrogens is 266 g/mol. The summed E-state index contributed by atoms with van der Waals surface area (Å²) in [5, 5.41) is 0. The van der Waals surface area contributed by atoms with Crippen LogP contribution in [0.3, 0.4) is 0 Å². The van der Waals surface area contributed by atoms with Crippen LogP contribution in [0, 0.1) is 0 Å². The monoisotopic (exact) mass is 281 g/mol. The van der Waals surface area contributed by atoms with Crippen molar-refractivity contribution in [2.75, 3.05) is 0 Å². The highest BCUT2D eigenvalue weighted by Crippen LogP contribution is 2.29. The van der Waals surface area contributed by atoms with Gasteiger partial charge in [-0.15, -0.1) is 0 Å². The second kappa shape index (κ2) is 4.68. The minimum absolute atomic E-state index is 0.178. The molecule has 0 aliphatic heterocycles. The van der Waals surface area contributed by atoms with Crippen LogP contribution in [0.2, 0.25) is 0 Å². The summed E-state index contributed by atoms with van der Waals surface area (Å²) in [7, 11) is 0. The number of hydrogen-bond donors (Lipinski definition) is 1. The Morgan fingerprint density at radius 2 is 1.94 bits per heavy atom. The highest BCUT2D eigenvalue weighted by Gasteiger charge is 2.36. The molecule has 2 N–H and O–H groups in total. The van der Waals surface area contributed by atoms with Crippen molar-refractivity contribution in [3.05, 3.63) is 34.3 Å². The van der Waals surface area contributed by atoms with Gasteiger partial charge in [0, 0.05) is 10.9 Å². The van der Waals surface area contributed by atoms with E-state index in [-0.39, 0.29) is 5.78 Å². The van der Waals surface area contributed by atoms with Crippen molar-refractivity contribution in [3.8, 4) is 0 Å². The summed E-state index contributed by atoms with van der Waals surface area (Å²) in [5.41, 5.74) is 6.61. The van der Waals surface area contributed by atoms with Gasteiger partial charge in [-0.05, 0) is 24.5 Å². The molecule has 1 fully saturated rings. The average Bonchev–Trinajstić information content (AvgIpc) is 2.70. The van der Waals surface area contributed by atoms with E-state index in [1.807, 2.05) is 24.3 Å². The second-order valence-electron chi connectivity index (χ2n) is 4.55. The Balaban J connectivity index is 2.10. The first kappa shape index (κ1) is 11.8. The van der Waals surface area contributed by atoms with Gasteiger partial charge in [-0.3, -0.25) is 4.79 Å². The molecule has 0 heterocycles. The molecule has 0 atom stereocenters. The molecule has 2 rings (SSSR count). The summed E-state index contributed by atoms with van der Waals surface area (Å²) in [5.74, 6) is 0.178. The van der Waals surface area contributed by atoms with E-state index in [4.69, 9.17) is 5.73 Å². The number of Topliss-reactive ketones (excluding diaryl/α,β-unsaturated/α-hetero) is 1. The Kier molecular flexibility index (Phi) is 3.45. The highest BCUT2D eigenvalue weighted by molar-refractivity contribution is 9.10. The molecule has 0 radical (unpaired) electrons. The summed E-state index contributed by atoms with van der Waals surface area (Å²) in [6, 6.07) is 7.83. The van der Waals surface area contributed by atoms with Gasteiger partial charge in [0.2, 0.25) is 0 Å². The molecular formula is C13H16BrNO. The van der Waals surface area contributed by atoms with Gasteiger partial charge in [0.1, 0.15) is 0 Å². The molecule has 2 nitrogen and oxygen atoms in total. The first-order chi connectivity index (χ1) is 7.62. The zero-order valence-electron chi connectivity index (χ0n) is 9.21. The summed E-state index contributed by atoms with van der Waals surface area (Å²) < 4.78 is 0.991. The SMILES string of the molecule is NC1(C(=O)Cc2ccccc2Br)CCCC1. The Hall–Kier alpha value is -0.670. The van der Waals surface area contributed by atoms with Crippen LogP contribution < -0.4 is 5.73 Å². The maximum atomic E-state index is 12.1. The lowest BCUT2D eigenvalue weighted by atomic mass is 9.89. The molecule has 1 aliphatic rings. The number of nitrogens with two attached hydrogens (primary N) is 1. The molecule has 3 heteroatoms. The molecule has 0 unspecified atom stereocenters. The molecule has 0 spiro atoms. The molecule has 1 aromatic carbocycles. The third kappa shape index (κ3) is 2.36. The summed E-state index contributed by atoms with van der Waals surface area (Å²) in [6.07, 6.45) is 4.29. The lowest BCUT2D eigenvalue weighted by molar-refractivity contribution is -0.123. The van der Waals surface area contributed by atoms with Crippen molar-refractivity contribution in [1.82, 2.24) is 0 Å². The Labute approximate surface area is 104 Å². The van der Waals surface area contributed by atoms with E-state index in [1.54, 1.807) is 0 Å². The number of carbonyl (C=O) groups is 1. The summed E-state index contributed by atoms with van der Waals surface area (Å²) in [6.45, 7) is 0. The molecule has 1 saturated carbocycles. The topological polar surface area (TPSA) is 43.1 Å². The zero-order chi connectivity index (χ0) is 11.6. The summed E-state index contributed by atoms with van der Waals surface area (Å²) >= 11 is 3.46. The molecule has 0 bridgehead atoms. The molecule has 86 valence electrons. The van der Waals surface area contributed by atoms with Crippen LogP contribution in [0.15, 0.2) is 28.7 Å². The summed E-state index contributed by atoms with van der Waals surface area (Å²) in [4.78, 5) is 12.1. The number of benzene rings is 1. The number of hydrogen-bond acceptors (Lipinski definition) is 2. The van der Waals surface area contributed by atoms with Crippen LogP contribution in [0.4, 0.5) is 0 Å². The fourth-order valence-electron chi connectivity index (χ4n) is 2.28. The number of carbonyl (C=O) groups excluding carboxylic acids is 1. The van der Waals surface area contributed by atoms with Gasteiger partial charge in [-0.2, -0.15) is 0 Å². The van der Waals surface area contributed by atoms with E-state index < -0.39 is 5.54 Å². The Morgan fingerprint density at radius 1 is 1.31 bits per heavy atom. The number of halogens is 1. The van der Waals surface area contributed by atoms with E-state index in [2.05, 4.69) is 15.9 Å². The van der Waals surface area contributed by atoms with Gasteiger partial charge in [-0.1, -0.05) is 47.0 Å². The lowest BCUT2D eigenvalue weighted by Crippen LogP contribution is -2.46. The van der Waals surface area contributed by atoms with Gasteiger partial charge < -0.3 is 5.73 Å². The van der Waals surface area contributed by atoms with Gasteiger partial charge in [0.15, 0.2) is 5.78 Å². The third-order valence-electron chi connectivity index (χ3n) is 3.36. The maximum absolute atomic E-state index is 12.1. The fraction of sp³-hybridized carbons (Fsp3) is 0.462. The van der Waals surface area contributed by atoms with E-state index in [9.17, 15) is 4.79 Å². The van der Waals surface area contributed by atoms with Crippen molar-refractivity contribution in [3.63, 3.8) is 0 Å². The van der Waals surface area contributed by atoms with Crippen LogP contribution in [-0.2, 0) is 11.2 Å². The minimum atomic E-state index is -0.560. The van der Waals surface area contributed by atoms with Gasteiger partial charge in [-0.25, -0.2) is 0 Å². The predicted octanol–water partition coefficient (Wildman–Crippen LogP) is 2.83. The Morgan fingerprint density at radius 3 is 2.56 bits per heavy atom. The second-order valence-corrected chi connectivity index (χ2v) is 5.41. The molecule has 0 amide bonds. The van der Waals surface area contributed by atoms with Gasteiger partial charge in [0.25, 0.3) is 0 Å². The van der Waals surface area contributed by atoms with E-state index in [0.29, 0.717) is 6.42 Å². The first-order valence-electron chi connectivity index (χ1n) is 5.67. The normalized spacial score (nSPS) is 18.6. The van der Waals surface area contributed by atoms with Crippen molar-refractivity contribution in [2.45, 2.75) is 37.6 Å². The Bertz CT molecular complexity index is 397. The highest BCUT2D eigenvalue weighted by atomic mass is 79.9. The molecule has 16 heavy (non-hydrogen) atoms. The quantitative estimate of drug-likeness (QED) is 0.926. The van der Waals surface area contributed by atoms with Crippen LogP contribution in [0.1, 0.15) is 31.2 Å². The van der Waals surface area contributed by atoms with Crippen LogP contribution in [0.25, 0.3) is 0 Å². The maximum Gasteiger partial charge on any atom is 0.157 e. The van der Waals surface area contributed by atoms with Crippen molar-refractivity contribution < 1.29 is 4.79 Å². The van der Waals surface area contributed by atoms with Gasteiger partial charge in [0.05, 0.1) is 5.54 Å². The number of rotatable bonds is 3.